The van der Waals surface area contributed by atoms with Gasteiger partial charge in [0.15, 0.2) is 23.0 Å². The molecule has 0 atom stereocenters. The highest BCUT2D eigenvalue weighted by molar-refractivity contribution is 6.77. The van der Waals surface area contributed by atoms with Gasteiger partial charge in [0.05, 0.1) is 32.9 Å². The molecule has 0 bridgehead atoms. The molecule has 182 valence electrons. The van der Waals surface area contributed by atoms with E-state index in [2.05, 4.69) is 9.97 Å². The molecule has 0 fully saturated rings. The number of hydrogen-bond donors (Lipinski definition) is 3. The largest absolute Gasteiger partial charge is 0.486 e. The minimum Gasteiger partial charge on any atom is -0.486 e. The third kappa shape index (κ3) is 4.31. The van der Waals surface area contributed by atoms with Crippen molar-refractivity contribution >= 4 is 68.4 Å². The molecule has 4 heterocycles. The lowest BCUT2D eigenvalue weighted by molar-refractivity contribution is 0.0698. The van der Waals surface area contributed by atoms with Gasteiger partial charge in [-0.25, -0.2) is 4.79 Å². The van der Waals surface area contributed by atoms with Crippen molar-refractivity contribution < 1.29 is 33.6 Å². The average molecular weight is 540 g/mol. The molecule has 12 heteroatoms. The number of nitrogens with one attached hydrogen (secondary N) is 2. The summed E-state index contributed by atoms with van der Waals surface area (Å²) < 4.78 is 19.9. The van der Waals surface area contributed by atoms with Crippen LogP contribution in [0.4, 0.5) is 0 Å². The van der Waals surface area contributed by atoms with Crippen LogP contribution in [0, 0.1) is 0 Å². The predicted molar refractivity (Wildman–Crippen MR) is 130 cm³/mol. The Hall–Kier alpha value is -3.27. The molecular formula is C23H17Cl3N2O7. The van der Waals surface area contributed by atoms with Crippen LogP contribution in [0.2, 0.25) is 0 Å². The lowest BCUT2D eigenvalue weighted by atomic mass is 10.1. The van der Waals surface area contributed by atoms with Crippen LogP contribution in [0.25, 0.3) is 21.8 Å². The predicted octanol–water partition coefficient (Wildman–Crippen LogP) is 5.13. The topological polar surface area (TPSA) is 123 Å². The van der Waals surface area contributed by atoms with E-state index in [-0.39, 0.29) is 11.1 Å². The highest BCUT2D eigenvalue weighted by Gasteiger charge is 2.35. The Labute approximate surface area is 212 Å². The highest BCUT2D eigenvalue weighted by atomic mass is 35.6. The Balaban J connectivity index is 0.000000147. The number of benzene rings is 2. The van der Waals surface area contributed by atoms with Crippen LogP contribution in [-0.4, -0.2) is 57.0 Å². The summed E-state index contributed by atoms with van der Waals surface area (Å²) in [6.45, 7) is 1.82. The van der Waals surface area contributed by atoms with Gasteiger partial charge < -0.3 is 34.0 Å². The molecule has 9 nitrogen and oxygen atoms in total. The van der Waals surface area contributed by atoms with E-state index in [1.54, 1.807) is 24.3 Å². The molecular weight excluding hydrogens is 523 g/mol. The van der Waals surface area contributed by atoms with Crippen molar-refractivity contribution in [1.29, 1.82) is 0 Å². The van der Waals surface area contributed by atoms with Gasteiger partial charge >= 0.3 is 5.97 Å². The van der Waals surface area contributed by atoms with Crippen LogP contribution in [0.5, 0.6) is 23.0 Å². The number of carbonyl (C=O) groups is 2. The maximum atomic E-state index is 12.1. The second-order valence-electron chi connectivity index (χ2n) is 7.56. The molecule has 6 rings (SSSR count). The quantitative estimate of drug-likeness (QED) is 0.238. The third-order valence-electron chi connectivity index (χ3n) is 5.43. The number of fused-ring (bicyclic) bond motifs is 6. The molecule has 0 aliphatic carbocycles. The first kappa shape index (κ1) is 23.5. The summed E-state index contributed by atoms with van der Waals surface area (Å²) in [6, 6.07) is 7.13. The van der Waals surface area contributed by atoms with E-state index in [1.165, 1.54) is 12.4 Å². The minimum absolute atomic E-state index is 0.206. The average Bonchev–Trinajstić information content (AvgIpc) is 3.48. The van der Waals surface area contributed by atoms with Crippen LogP contribution < -0.4 is 18.9 Å². The van der Waals surface area contributed by atoms with Gasteiger partial charge in [-0.15, -0.1) is 0 Å². The number of rotatable bonds is 2. The van der Waals surface area contributed by atoms with Gasteiger partial charge in [-0.05, 0) is 24.3 Å². The van der Waals surface area contributed by atoms with Crippen molar-refractivity contribution in [2.75, 3.05) is 26.4 Å². The number of aromatic carboxylic acids is 1. The van der Waals surface area contributed by atoms with Gasteiger partial charge in [0.25, 0.3) is 3.79 Å². The molecule has 0 amide bonds. The fourth-order valence-corrected chi connectivity index (χ4v) is 4.26. The van der Waals surface area contributed by atoms with Gasteiger partial charge in [0.2, 0.25) is 5.78 Å². The van der Waals surface area contributed by atoms with Crippen molar-refractivity contribution in [3.8, 4) is 23.0 Å². The van der Waals surface area contributed by atoms with E-state index in [4.69, 9.17) is 58.9 Å². The summed E-state index contributed by atoms with van der Waals surface area (Å²) >= 11 is 17.0. The zero-order valence-electron chi connectivity index (χ0n) is 17.8. The Kier molecular flexibility index (Phi) is 6.08. The number of ether oxygens (including phenoxy) is 4. The molecule has 35 heavy (non-hydrogen) atoms. The SMILES string of the molecule is O=C(O)c1c[nH]c2ccc3c(c12)OCCO3.O=C(c1c[nH]c2ccc3c(c12)OCCO3)C(Cl)(Cl)Cl. The molecule has 0 spiro atoms. The van der Waals surface area contributed by atoms with Crippen molar-refractivity contribution in [2.45, 2.75) is 3.79 Å². The first-order chi connectivity index (χ1) is 16.8. The molecule has 2 aromatic carbocycles. The summed E-state index contributed by atoms with van der Waals surface area (Å²) in [5.74, 6) is 0.614. The number of hydrogen-bond acceptors (Lipinski definition) is 6. The molecule has 0 saturated heterocycles. The first-order valence-corrected chi connectivity index (χ1v) is 11.5. The van der Waals surface area contributed by atoms with Crippen molar-refractivity contribution in [1.82, 2.24) is 9.97 Å². The number of ketones is 1. The normalized spacial score (nSPS) is 14.4. The van der Waals surface area contributed by atoms with E-state index < -0.39 is 15.5 Å². The lowest BCUT2D eigenvalue weighted by Crippen LogP contribution is -2.19. The molecule has 0 saturated carbocycles. The van der Waals surface area contributed by atoms with Crippen LogP contribution in [0.15, 0.2) is 36.7 Å². The number of H-pyrrole nitrogens is 2. The third-order valence-corrected chi connectivity index (χ3v) is 5.95. The maximum Gasteiger partial charge on any atom is 0.338 e. The summed E-state index contributed by atoms with van der Waals surface area (Å²) in [4.78, 5) is 29.0. The lowest BCUT2D eigenvalue weighted by Gasteiger charge is -2.19. The summed E-state index contributed by atoms with van der Waals surface area (Å²) in [7, 11) is 0. The number of Topliss-reactive ketones (excluding diaryl/α,β-unsaturated/α-hetero) is 1. The van der Waals surface area contributed by atoms with Gasteiger partial charge in [-0.2, -0.15) is 0 Å². The molecule has 3 N–H and O–H groups in total. The smallest absolute Gasteiger partial charge is 0.338 e. The molecule has 0 radical (unpaired) electrons. The molecule has 0 unspecified atom stereocenters. The van der Waals surface area contributed by atoms with Gasteiger partial charge in [-0.3, -0.25) is 4.79 Å². The monoisotopic (exact) mass is 538 g/mol. The first-order valence-electron chi connectivity index (χ1n) is 10.4. The number of carboxylic acids is 1. The standard InChI is InChI=1S/C12H8Cl3NO3.C11H9NO4/c13-12(14,15)11(17)6-5-16-7-1-2-8-10(9(6)7)19-4-3-18-8;13-11(14)6-5-12-7-1-2-8-10(9(6)7)16-4-3-15-8/h1-2,5,16H,3-4H2;1-2,5,12H,3-4H2,(H,13,14). The van der Waals surface area contributed by atoms with Crippen molar-refractivity contribution in [3.05, 3.63) is 47.8 Å². The second kappa shape index (κ2) is 9.07. The molecule has 2 aliphatic heterocycles. The Morgan fingerprint density at radius 2 is 1.20 bits per heavy atom. The van der Waals surface area contributed by atoms with E-state index in [1.807, 2.05) is 0 Å². The van der Waals surface area contributed by atoms with E-state index in [0.29, 0.717) is 60.2 Å². The Morgan fingerprint density at radius 1 is 0.743 bits per heavy atom. The molecule has 2 aliphatic rings. The fraction of sp³-hybridized carbons (Fsp3) is 0.217. The molecule has 2 aromatic heterocycles. The number of halogens is 3. The number of carboxylic acid groups (broad SMARTS) is 1. The number of aromatic amines is 2. The number of alkyl halides is 3. The van der Waals surface area contributed by atoms with E-state index in [9.17, 15) is 9.59 Å². The second-order valence-corrected chi connectivity index (χ2v) is 9.84. The molecule has 4 aromatic rings. The summed E-state index contributed by atoms with van der Waals surface area (Å²) in [5.41, 5.74) is 1.94. The summed E-state index contributed by atoms with van der Waals surface area (Å²) in [6.07, 6.45) is 2.97. The fourth-order valence-electron chi connectivity index (χ4n) is 3.95. The Bertz CT molecular complexity index is 1460. The van der Waals surface area contributed by atoms with Crippen LogP contribution in [-0.2, 0) is 0 Å². The van der Waals surface area contributed by atoms with Gasteiger partial charge in [0.1, 0.15) is 26.4 Å². The minimum atomic E-state index is -2.01. The number of carbonyl (C=O) groups excluding carboxylic acids is 1. The van der Waals surface area contributed by atoms with E-state index in [0.717, 1.165) is 11.0 Å². The van der Waals surface area contributed by atoms with Crippen molar-refractivity contribution in [2.24, 2.45) is 0 Å². The van der Waals surface area contributed by atoms with Crippen LogP contribution in [0.3, 0.4) is 0 Å². The summed E-state index contributed by atoms with van der Waals surface area (Å²) in [5, 5.41) is 10.2. The van der Waals surface area contributed by atoms with Crippen LogP contribution in [0.1, 0.15) is 20.7 Å². The maximum absolute atomic E-state index is 12.1. The zero-order valence-corrected chi connectivity index (χ0v) is 20.1. The van der Waals surface area contributed by atoms with Crippen LogP contribution >= 0.6 is 34.8 Å². The zero-order chi connectivity index (χ0) is 24.7. The van der Waals surface area contributed by atoms with E-state index >= 15 is 0 Å². The number of aromatic nitrogens is 2. The Morgan fingerprint density at radius 3 is 1.69 bits per heavy atom. The highest BCUT2D eigenvalue weighted by Crippen LogP contribution is 2.42. The van der Waals surface area contributed by atoms with Gasteiger partial charge in [-0.1, -0.05) is 34.8 Å². The van der Waals surface area contributed by atoms with Gasteiger partial charge in [0, 0.05) is 12.4 Å². The van der Waals surface area contributed by atoms with Crippen molar-refractivity contribution in [3.63, 3.8) is 0 Å².